The average Bonchev–Trinajstić information content (AvgIpc) is 2.26. The van der Waals surface area contributed by atoms with E-state index in [0.29, 0.717) is 6.54 Å². The Kier molecular flexibility index (Phi) is 4.27. The lowest BCUT2D eigenvalue weighted by molar-refractivity contribution is -0.139. The quantitative estimate of drug-likeness (QED) is 0.669. The van der Waals surface area contributed by atoms with Gasteiger partial charge in [-0.05, 0) is 18.1 Å². The summed E-state index contributed by atoms with van der Waals surface area (Å²) in [5, 5.41) is 20.3. The van der Waals surface area contributed by atoms with E-state index in [1.165, 1.54) is 0 Å². The number of hydrogen-bond acceptors (Lipinski definition) is 3. The highest BCUT2D eigenvalue weighted by Crippen LogP contribution is 2.04. The minimum Gasteiger partial charge on any atom is -0.480 e. The van der Waals surface area contributed by atoms with Crippen LogP contribution >= 0.6 is 0 Å². The maximum Gasteiger partial charge on any atom is 0.320 e. The Morgan fingerprint density at radius 1 is 1.33 bits per heavy atom. The number of nitrogens with one attached hydrogen (secondary N) is 1. The van der Waals surface area contributed by atoms with Crippen LogP contribution in [-0.4, -0.2) is 22.2 Å². The van der Waals surface area contributed by atoms with Gasteiger partial charge in [-0.3, -0.25) is 4.79 Å². The van der Waals surface area contributed by atoms with Crippen molar-refractivity contribution in [2.75, 3.05) is 0 Å². The fourth-order valence-electron chi connectivity index (χ4n) is 1.12. The molecule has 3 N–H and O–H groups in total. The summed E-state index contributed by atoms with van der Waals surface area (Å²) in [5.74, 6) is -0.859. The second-order valence-electron chi connectivity index (χ2n) is 3.42. The van der Waals surface area contributed by atoms with Crippen LogP contribution in [0.3, 0.4) is 0 Å². The Labute approximate surface area is 88.6 Å². The molecule has 0 heterocycles. The maximum atomic E-state index is 10.5. The lowest BCUT2D eigenvalue weighted by Crippen LogP contribution is -2.33. The van der Waals surface area contributed by atoms with Gasteiger partial charge >= 0.3 is 5.97 Å². The van der Waals surface area contributed by atoms with Crippen LogP contribution in [0.15, 0.2) is 24.3 Å². The van der Waals surface area contributed by atoms with Gasteiger partial charge in [-0.25, -0.2) is 0 Å². The molecule has 0 aromatic heterocycles. The Morgan fingerprint density at radius 3 is 2.33 bits per heavy atom. The van der Waals surface area contributed by atoms with Gasteiger partial charge in [0.1, 0.15) is 6.04 Å². The molecule has 15 heavy (non-hydrogen) atoms. The van der Waals surface area contributed by atoms with Gasteiger partial charge in [-0.1, -0.05) is 24.3 Å². The Morgan fingerprint density at radius 2 is 1.87 bits per heavy atom. The predicted octanol–water partition coefficient (Wildman–Crippen LogP) is 0.742. The second kappa shape index (κ2) is 5.48. The third-order valence-corrected chi connectivity index (χ3v) is 2.19. The van der Waals surface area contributed by atoms with E-state index in [1.807, 2.05) is 24.3 Å². The van der Waals surface area contributed by atoms with E-state index < -0.39 is 12.0 Å². The van der Waals surface area contributed by atoms with E-state index in [1.54, 1.807) is 6.92 Å². The van der Waals surface area contributed by atoms with E-state index in [4.69, 9.17) is 10.2 Å². The first-order valence-corrected chi connectivity index (χ1v) is 4.78. The predicted molar refractivity (Wildman–Crippen MR) is 56.3 cm³/mol. The standard InChI is InChI=1S/C11H15NO3/c1-8(11(14)15)12-6-9-2-4-10(7-13)5-3-9/h2-5,8,12-13H,6-7H2,1H3,(H,14,15)/t8-/m0/s1. The van der Waals surface area contributed by atoms with Crippen molar-refractivity contribution in [2.45, 2.75) is 26.1 Å². The highest BCUT2D eigenvalue weighted by molar-refractivity contribution is 5.72. The summed E-state index contributed by atoms with van der Waals surface area (Å²) in [7, 11) is 0. The van der Waals surface area contributed by atoms with Crippen LogP contribution in [0.4, 0.5) is 0 Å². The van der Waals surface area contributed by atoms with Gasteiger partial charge in [0.2, 0.25) is 0 Å². The molecule has 0 radical (unpaired) electrons. The van der Waals surface area contributed by atoms with Crippen molar-refractivity contribution in [1.29, 1.82) is 0 Å². The summed E-state index contributed by atoms with van der Waals surface area (Å²) >= 11 is 0. The van der Waals surface area contributed by atoms with E-state index in [0.717, 1.165) is 11.1 Å². The average molecular weight is 209 g/mol. The molecule has 0 unspecified atom stereocenters. The number of aliphatic carboxylic acids is 1. The first-order chi connectivity index (χ1) is 7.13. The summed E-state index contributed by atoms with van der Waals surface area (Å²) < 4.78 is 0. The Balaban J connectivity index is 2.47. The molecule has 0 bridgehead atoms. The fraction of sp³-hybridized carbons (Fsp3) is 0.364. The normalized spacial score (nSPS) is 12.4. The zero-order valence-corrected chi connectivity index (χ0v) is 8.60. The molecule has 1 aromatic rings. The van der Waals surface area contributed by atoms with Crippen molar-refractivity contribution >= 4 is 5.97 Å². The summed E-state index contributed by atoms with van der Waals surface area (Å²) in [5.41, 5.74) is 1.85. The molecule has 1 aromatic carbocycles. The third kappa shape index (κ3) is 3.69. The Bertz CT molecular complexity index is 321. The van der Waals surface area contributed by atoms with E-state index >= 15 is 0 Å². The van der Waals surface area contributed by atoms with Crippen molar-refractivity contribution in [3.8, 4) is 0 Å². The molecule has 1 rings (SSSR count). The molecule has 0 aliphatic carbocycles. The number of rotatable bonds is 5. The van der Waals surface area contributed by atoms with Crippen molar-refractivity contribution in [3.63, 3.8) is 0 Å². The largest absolute Gasteiger partial charge is 0.480 e. The lowest BCUT2D eigenvalue weighted by Gasteiger charge is -2.09. The molecule has 0 saturated heterocycles. The van der Waals surface area contributed by atoms with Gasteiger partial charge in [0.05, 0.1) is 6.61 Å². The molecule has 4 heteroatoms. The molecule has 0 amide bonds. The van der Waals surface area contributed by atoms with Crippen LogP contribution in [0.2, 0.25) is 0 Å². The number of carboxylic acids is 1. The number of carboxylic acid groups (broad SMARTS) is 1. The van der Waals surface area contributed by atoms with Gasteiger partial charge in [0.15, 0.2) is 0 Å². The molecule has 0 fully saturated rings. The van der Waals surface area contributed by atoms with Gasteiger partial charge in [-0.2, -0.15) is 0 Å². The first kappa shape index (κ1) is 11.7. The van der Waals surface area contributed by atoms with E-state index in [-0.39, 0.29) is 6.61 Å². The van der Waals surface area contributed by atoms with Crippen molar-refractivity contribution in [3.05, 3.63) is 35.4 Å². The lowest BCUT2D eigenvalue weighted by atomic mass is 10.1. The molecular weight excluding hydrogens is 194 g/mol. The van der Waals surface area contributed by atoms with E-state index in [2.05, 4.69) is 5.32 Å². The third-order valence-electron chi connectivity index (χ3n) is 2.19. The van der Waals surface area contributed by atoms with Crippen molar-refractivity contribution < 1.29 is 15.0 Å². The van der Waals surface area contributed by atoms with Gasteiger partial charge in [0.25, 0.3) is 0 Å². The van der Waals surface area contributed by atoms with Crippen LogP contribution in [0.1, 0.15) is 18.1 Å². The van der Waals surface area contributed by atoms with Crippen LogP contribution in [-0.2, 0) is 17.9 Å². The van der Waals surface area contributed by atoms with Gasteiger partial charge in [0, 0.05) is 6.54 Å². The maximum absolute atomic E-state index is 10.5. The number of benzene rings is 1. The summed E-state index contributed by atoms with van der Waals surface area (Å²) in [6.07, 6.45) is 0. The van der Waals surface area contributed by atoms with Crippen LogP contribution in [0.5, 0.6) is 0 Å². The summed E-state index contributed by atoms with van der Waals surface area (Å²) in [4.78, 5) is 10.5. The van der Waals surface area contributed by atoms with Crippen LogP contribution < -0.4 is 5.32 Å². The molecular formula is C11H15NO3. The molecule has 0 aliphatic heterocycles. The summed E-state index contributed by atoms with van der Waals surface area (Å²) in [6, 6.07) is 6.83. The summed E-state index contributed by atoms with van der Waals surface area (Å²) in [6.45, 7) is 2.14. The first-order valence-electron chi connectivity index (χ1n) is 4.78. The SMILES string of the molecule is C[C@H](NCc1ccc(CO)cc1)C(=O)O. The number of carbonyl (C=O) groups is 1. The number of hydrogen-bond donors (Lipinski definition) is 3. The molecule has 82 valence electrons. The fourth-order valence-corrected chi connectivity index (χ4v) is 1.12. The minimum absolute atomic E-state index is 0.0270. The van der Waals surface area contributed by atoms with Crippen LogP contribution in [0.25, 0.3) is 0 Å². The molecule has 1 atom stereocenters. The highest BCUT2D eigenvalue weighted by Gasteiger charge is 2.08. The van der Waals surface area contributed by atoms with Crippen molar-refractivity contribution in [1.82, 2.24) is 5.32 Å². The zero-order valence-electron chi connectivity index (χ0n) is 8.60. The highest BCUT2D eigenvalue weighted by atomic mass is 16.4. The molecule has 0 aliphatic rings. The number of aliphatic hydroxyl groups excluding tert-OH is 1. The van der Waals surface area contributed by atoms with Crippen LogP contribution in [0, 0.1) is 0 Å². The van der Waals surface area contributed by atoms with Crippen molar-refractivity contribution in [2.24, 2.45) is 0 Å². The molecule has 0 saturated carbocycles. The zero-order chi connectivity index (χ0) is 11.3. The van der Waals surface area contributed by atoms with Gasteiger partial charge in [-0.15, -0.1) is 0 Å². The topological polar surface area (TPSA) is 69.6 Å². The Hall–Kier alpha value is -1.39. The molecule has 0 spiro atoms. The van der Waals surface area contributed by atoms with Gasteiger partial charge < -0.3 is 15.5 Å². The smallest absolute Gasteiger partial charge is 0.320 e. The second-order valence-corrected chi connectivity index (χ2v) is 3.42. The monoisotopic (exact) mass is 209 g/mol. The van der Waals surface area contributed by atoms with E-state index in [9.17, 15) is 4.79 Å². The molecule has 4 nitrogen and oxygen atoms in total. The minimum atomic E-state index is -0.859. The number of aliphatic hydroxyl groups is 1.